The van der Waals surface area contributed by atoms with Crippen LogP contribution < -0.4 is 5.32 Å². The van der Waals surface area contributed by atoms with E-state index < -0.39 is 0 Å². The maximum atomic E-state index is 13.2. The third kappa shape index (κ3) is 2.28. The number of thiazole rings is 1. The van der Waals surface area contributed by atoms with Crippen molar-refractivity contribution in [2.75, 3.05) is 7.05 Å². The first-order chi connectivity index (χ1) is 7.70. The van der Waals surface area contributed by atoms with Crippen LogP contribution in [0.25, 0.3) is 10.6 Å². The van der Waals surface area contributed by atoms with Crippen molar-refractivity contribution in [1.29, 1.82) is 0 Å². The van der Waals surface area contributed by atoms with Crippen LogP contribution in [0.5, 0.6) is 0 Å². The summed E-state index contributed by atoms with van der Waals surface area (Å²) in [4.78, 5) is 5.43. The summed E-state index contributed by atoms with van der Waals surface area (Å²) in [7, 11) is 1.88. The molecule has 0 spiro atoms. The highest BCUT2D eigenvalue weighted by molar-refractivity contribution is 7.14. The highest BCUT2D eigenvalue weighted by Gasteiger charge is 2.09. The molecule has 0 saturated heterocycles. The van der Waals surface area contributed by atoms with Gasteiger partial charge in [-0.05, 0) is 31.7 Å². The van der Waals surface area contributed by atoms with Gasteiger partial charge < -0.3 is 5.32 Å². The van der Waals surface area contributed by atoms with Gasteiger partial charge in [-0.15, -0.1) is 11.3 Å². The molecule has 0 amide bonds. The summed E-state index contributed by atoms with van der Waals surface area (Å²) < 4.78 is 13.2. The minimum absolute atomic E-state index is 0.220. The fourth-order valence-electron chi connectivity index (χ4n) is 1.57. The van der Waals surface area contributed by atoms with E-state index in [4.69, 9.17) is 0 Å². The van der Waals surface area contributed by atoms with E-state index in [0.717, 1.165) is 21.0 Å². The molecule has 1 heterocycles. The van der Waals surface area contributed by atoms with Crippen molar-refractivity contribution >= 4 is 11.3 Å². The Bertz CT molecular complexity index is 494. The summed E-state index contributed by atoms with van der Waals surface area (Å²) >= 11 is 1.58. The lowest BCUT2D eigenvalue weighted by molar-refractivity contribution is 0.627. The number of rotatable bonds is 3. The van der Waals surface area contributed by atoms with Gasteiger partial charge in [0, 0.05) is 23.2 Å². The average molecular weight is 236 g/mol. The molecule has 0 aliphatic heterocycles. The first kappa shape index (κ1) is 11.2. The third-order valence-electron chi connectivity index (χ3n) is 2.29. The number of hydrogen-bond donors (Lipinski definition) is 1. The van der Waals surface area contributed by atoms with E-state index in [-0.39, 0.29) is 5.82 Å². The summed E-state index contributed by atoms with van der Waals surface area (Å²) in [5.41, 5.74) is 1.95. The molecule has 0 fully saturated rings. The second kappa shape index (κ2) is 4.72. The normalized spacial score (nSPS) is 10.7. The van der Waals surface area contributed by atoms with E-state index in [1.54, 1.807) is 23.5 Å². The summed E-state index contributed by atoms with van der Waals surface area (Å²) in [5.74, 6) is -0.220. The second-order valence-corrected chi connectivity index (χ2v) is 4.84. The van der Waals surface area contributed by atoms with E-state index in [9.17, 15) is 4.39 Å². The van der Waals surface area contributed by atoms with Gasteiger partial charge in [-0.3, -0.25) is 0 Å². The molecular weight excluding hydrogens is 223 g/mol. The van der Waals surface area contributed by atoms with Crippen molar-refractivity contribution < 1.29 is 4.39 Å². The zero-order valence-electron chi connectivity index (χ0n) is 9.25. The lowest BCUT2D eigenvalue weighted by Crippen LogP contribution is -2.06. The van der Waals surface area contributed by atoms with E-state index in [2.05, 4.69) is 10.3 Å². The van der Waals surface area contributed by atoms with E-state index in [0.29, 0.717) is 6.54 Å². The molecule has 0 saturated carbocycles. The molecule has 0 radical (unpaired) electrons. The van der Waals surface area contributed by atoms with Crippen molar-refractivity contribution in [2.24, 2.45) is 0 Å². The summed E-state index contributed by atoms with van der Waals surface area (Å²) in [6.07, 6.45) is 1.81. The summed E-state index contributed by atoms with van der Waals surface area (Å²) in [5, 5.41) is 3.95. The highest BCUT2D eigenvalue weighted by atomic mass is 32.1. The smallest absolute Gasteiger partial charge is 0.123 e. The Morgan fingerprint density at radius 1 is 1.44 bits per heavy atom. The fraction of sp³-hybridized carbons (Fsp3) is 0.250. The van der Waals surface area contributed by atoms with Crippen LogP contribution in [-0.2, 0) is 6.54 Å². The number of aromatic nitrogens is 1. The van der Waals surface area contributed by atoms with Crippen LogP contribution in [-0.4, -0.2) is 12.0 Å². The lowest BCUT2D eigenvalue weighted by Gasteiger charge is -2.06. The monoisotopic (exact) mass is 236 g/mol. The van der Waals surface area contributed by atoms with Crippen LogP contribution in [0.15, 0.2) is 24.4 Å². The van der Waals surface area contributed by atoms with Gasteiger partial charge in [0.25, 0.3) is 0 Å². The predicted octanol–water partition coefficient (Wildman–Crippen LogP) is 2.98. The van der Waals surface area contributed by atoms with Crippen LogP contribution in [0, 0.1) is 12.7 Å². The molecule has 1 aromatic carbocycles. The van der Waals surface area contributed by atoms with Crippen LogP contribution in [0.1, 0.15) is 10.4 Å². The molecule has 1 N–H and O–H groups in total. The number of benzene rings is 1. The molecule has 4 heteroatoms. The number of aryl methyl sites for hydroxylation is 1. The predicted molar refractivity (Wildman–Crippen MR) is 65.0 cm³/mol. The van der Waals surface area contributed by atoms with Crippen molar-refractivity contribution in [1.82, 2.24) is 10.3 Å². The van der Waals surface area contributed by atoms with Crippen LogP contribution in [0.4, 0.5) is 4.39 Å². The van der Waals surface area contributed by atoms with E-state index in [1.807, 2.05) is 20.2 Å². The van der Waals surface area contributed by atoms with Gasteiger partial charge in [-0.1, -0.05) is 6.07 Å². The average Bonchev–Trinajstić information content (AvgIpc) is 2.68. The molecule has 2 nitrogen and oxygen atoms in total. The van der Waals surface area contributed by atoms with Crippen molar-refractivity contribution in [3.8, 4) is 10.6 Å². The molecule has 0 bridgehead atoms. The first-order valence-corrected chi connectivity index (χ1v) is 5.88. The fourth-order valence-corrected chi connectivity index (χ4v) is 2.39. The zero-order chi connectivity index (χ0) is 11.5. The summed E-state index contributed by atoms with van der Waals surface area (Å²) in [6.45, 7) is 2.71. The van der Waals surface area contributed by atoms with Crippen molar-refractivity contribution in [2.45, 2.75) is 13.5 Å². The maximum absolute atomic E-state index is 13.2. The summed E-state index contributed by atoms with van der Waals surface area (Å²) in [6, 6.07) is 4.83. The Balaban J connectivity index is 2.48. The Morgan fingerprint density at radius 3 is 2.88 bits per heavy atom. The number of halogens is 1. The largest absolute Gasteiger partial charge is 0.316 e. The maximum Gasteiger partial charge on any atom is 0.123 e. The third-order valence-corrected chi connectivity index (χ3v) is 3.24. The molecule has 2 rings (SSSR count). The minimum atomic E-state index is -0.220. The lowest BCUT2D eigenvalue weighted by atomic mass is 10.1. The van der Waals surface area contributed by atoms with Crippen LogP contribution in [0.3, 0.4) is 0 Å². The SMILES string of the molecule is CNCc1ccc(F)cc1-c1ncc(C)s1. The van der Waals surface area contributed by atoms with Gasteiger partial charge in [0.1, 0.15) is 10.8 Å². The Kier molecular flexibility index (Phi) is 3.31. The van der Waals surface area contributed by atoms with Gasteiger partial charge in [0.05, 0.1) is 0 Å². The molecule has 16 heavy (non-hydrogen) atoms. The molecule has 0 aliphatic rings. The Morgan fingerprint density at radius 2 is 2.25 bits per heavy atom. The number of nitrogens with zero attached hydrogens (tertiary/aromatic N) is 1. The van der Waals surface area contributed by atoms with Gasteiger partial charge in [-0.25, -0.2) is 9.37 Å². The van der Waals surface area contributed by atoms with Crippen molar-refractivity contribution in [3.05, 3.63) is 40.7 Å². The number of hydrogen-bond acceptors (Lipinski definition) is 3. The van der Waals surface area contributed by atoms with Gasteiger partial charge in [0.2, 0.25) is 0 Å². The second-order valence-electron chi connectivity index (χ2n) is 3.61. The minimum Gasteiger partial charge on any atom is -0.316 e. The molecule has 1 aromatic heterocycles. The molecular formula is C12H13FN2S. The Labute approximate surface area is 98.2 Å². The molecule has 0 atom stereocenters. The standard InChI is InChI=1S/C12H13FN2S/c1-8-6-15-12(16-8)11-5-10(13)4-3-9(11)7-14-2/h3-6,14H,7H2,1-2H3. The van der Waals surface area contributed by atoms with Crippen molar-refractivity contribution in [3.63, 3.8) is 0 Å². The van der Waals surface area contributed by atoms with Gasteiger partial charge in [-0.2, -0.15) is 0 Å². The zero-order valence-corrected chi connectivity index (χ0v) is 10.1. The first-order valence-electron chi connectivity index (χ1n) is 5.06. The van der Waals surface area contributed by atoms with E-state index >= 15 is 0 Å². The van der Waals surface area contributed by atoms with Crippen LogP contribution >= 0.6 is 11.3 Å². The quantitative estimate of drug-likeness (QED) is 0.886. The number of nitrogens with one attached hydrogen (secondary N) is 1. The van der Waals surface area contributed by atoms with Gasteiger partial charge >= 0.3 is 0 Å². The Hall–Kier alpha value is -1.26. The molecule has 84 valence electrons. The van der Waals surface area contributed by atoms with Gasteiger partial charge in [0.15, 0.2) is 0 Å². The molecule has 2 aromatic rings. The molecule has 0 unspecified atom stereocenters. The van der Waals surface area contributed by atoms with E-state index in [1.165, 1.54) is 6.07 Å². The topological polar surface area (TPSA) is 24.9 Å². The molecule has 0 aliphatic carbocycles. The highest BCUT2D eigenvalue weighted by Crippen LogP contribution is 2.28. The van der Waals surface area contributed by atoms with Crippen LogP contribution in [0.2, 0.25) is 0 Å².